The van der Waals surface area contributed by atoms with E-state index in [-0.39, 0.29) is 18.1 Å². The van der Waals surface area contributed by atoms with Gasteiger partial charge in [0.1, 0.15) is 12.4 Å². The second-order valence-electron chi connectivity index (χ2n) is 6.73. The van der Waals surface area contributed by atoms with Gasteiger partial charge in [-0.15, -0.1) is 0 Å². The van der Waals surface area contributed by atoms with Crippen molar-refractivity contribution in [3.63, 3.8) is 0 Å². The number of hydrogen-bond acceptors (Lipinski definition) is 3. The zero-order chi connectivity index (χ0) is 15.8. The largest absolute Gasteiger partial charge is 0.376 e. The van der Waals surface area contributed by atoms with Crippen LogP contribution >= 0.6 is 0 Å². The van der Waals surface area contributed by atoms with Gasteiger partial charge in [-0.1, -0.05) is 12.1 Å². The molecule has 5 heteroatoms. The van der Waals surface area contributed by atoms with E-state index in [9.17, 15) is 4.79 Å². The van der Waals surface area contributed by atoms with E-state index < -0.39 is 0 Å². The Hall–Kier alpha value is -1.88. The van der Waals surface area contributed by atoms with Gasteiger partial charge in [-0.2, -0.15) is 0 Å². The maximum absolute atomic E-state index is 12.5. The highest BCUT2D eigenvalue weighted by Gasteiger charge is 2.30. The van der Waals surface area contributed by atoms with E-state index in [1.165, 1.54) is 12.8 Å². The number of imidazole rings is 1. The van der Waals surface area contributed by atoms with Gasteiger partial charge in [0.05, 0.1) is 23.2 Å². The molecule has 5 nitrogen and oxygen atoms in total. The van der Waals surface area contributed by atoms with E-state index in [1.807, 2.05) is 31.2 Å². The minimum absolute atomic E-state index is 0.0399. The fourth-order valence-electron chi connectivity index (χ4n) is 3.45. The molecular formula is C18H23N3O2. The lowest BCUT2D eigenvalue weighted by atomic mass is 10.1. The van der Waals surface area contributed by atoms with Crippen LogP contribution in [0.1, 0.15) is 44.3 Å². The Kier molecular flexibility index (Phi) is 3.81. The lowest BCUT2D eigenvalue weighted by molar-refractivity contribution is -0.123. The van der Waals surface area contributed by atoms with Crippen LogP contribution in [0, 0.1) is 0 Å². The zero-order valence-electron chi connectivity index (χ0n) is 13.5. The molecule has 2 aromatic rings. The quantitative estimate of drug-likeness (QED) is 0.923. The van der Waals surface area contributed by atoms with Gasteiger partial charge in [-0.05, 0) is 44.7 Å². The van der Waals surface area contributed by atoms with Crippen molar-refractivity contribution in [1.29, 1.82) is 0 Å². The van der Waals surface area contributed by atoms with E-state index in [0.29, 0.717) is 12.5 Å². The van der Waals surface area contributed by atoms with Crippen molar-refractivity contribution < 1.29 is 9.53 Å². The molecule has 1 aliphatic heterocycles. The summed E-state index contributed by atoms with van der Waals surface area (Å²) in [6.45, 7) is 3.17. The Morgan fingerprint density at radius 1 is 1.39 bits per heavy atom. The van der Waals surface area contributed by atoms with Crippen LogP contribution in [0.4, 0.5) is 0 Å². The van der Waals surface area contributed by atoms with Gasteiger partial charge in [0, 0.05) is 12.5 Å². The summed E-state index contributed by atoms with van der Waals surface area (Å²) in [5.74, 6) is 1.62. The summed E-state index contributed by atoms with van der Waals surface area (Å²) in [5.41, 5.74) is 2.03. The number of nitrogens with one attached hydrogen (secondary N) is 1. The number of carbonyl (C=O) groups excluding carboxylic acids is 1. The van der Waals surface area contributed by atoms with Gasteiger partial charge in [-0.3, -0.25) is 4.79 Å². The molecule has 1 N–H and O–H groups in total. The first-order chi connectivity index (χ1) is 11.2. The molecule has 2 fully saturated rings. The number of hydrogen-bond donors (Lipinski definition) is 1. The average Bonchev–Trinajstić information content (AvgIpc) is 3.10. The van der Waals surface area contributed by atoms with E-state index in [1.54, 1.807) is 0 Å². The molecule has 1 saturated heterocycles. The van der Waals surface area contributed by atoms with Gasteiger partial charge in [0.15, 0.2) is 0 Å². The molecule has 4 rings (SSSR count). The molecule has 1 saturated carbocycles. The van der Waals surface area contributed by atoms with E-state index in [4.69, 9.17) is 9.72 Å². The van der Waals surface area contributed by atoms with Crippen molar-refractivity contribution in [2.45, 2.75) is 57.2 Å². The third kappa shape index (κ3) is 2.98. The summed E-state index contributed by atoms with van der Waals surface area (Å²) >= 11 is 0. The minimum Gasteiger partial charge on any atom is -0.376 e. The number of aromatic nitrogens is 2. The van der Waals surface area contributed by atoms with Crippen LogP contribution in [-0.2, 0) is 16.1 Å². The van der Waals surface area contributed by atoms with Gasteiger partial charge in [-0.25, -0.2) is 4.98 Å². The summed E-state index contributed by atoms with van der Waals surface area (Å²) < 4.78 is 7.75. The van der Waals surface area contributed by atoms with Crippen LogP contribution < -0.4 is 5.32 Å². The van der Waals surface area contributed by atoms with Crippen molar-refractivity contribution in [1.82, 2.24) is 14.9 Å². The van der Waals surface area contributed by atoms with E-state index in [0.717, 1.165) is 36.3 Å². The molecule has 23 heavy (non-hydrogen) atoms. The molecule has 0 spiro atoms. The van der Waals surface area contributed by atoms with Crippen molar-refractivity contribution in [2.24, 2.45) is 0 Å². The molecule has 122 valence electrons. The maximum atomic E-state index is 12.5. The summed E-state index contributed by atoms with van der Waals surface area (Å²) in [7, 11) is 0. The van der Waals surface area contributed by atoms with Gasteiger partial charge in [0.25, 0.3) is 0 Å². The highest BCUT2D eigenvalue weighted by Crippen LogP contribution is 2.40. The summed E-state index contributed by atoms with van der Waals surface area (Å²) in [5, 5.41) is 3.10. The van der Waals surface area contributed by atoms with Gasteiger partial charge < -0.3 is 14.6 Å². The second-order valence-corrected chi connectivity index (χ2v) is 6.73. The van der Waals surface area contributed by atoms with Crippen LogP contribution in [-0.4, -0.2) is 34.2 Å². The number of rotatable bonds is 5. The molecule has 1 aromatic carbocycles. The number of nitrogens with zero attached hydrogens (tertiary/aromatic N) is 2. The summed E-state index contributed by atoms with van der Waals surface area (Å²) in [6.07, 6.45) is 4.63. The van der Waals surface area contributed by atoms with Crippen molar-refractivity contribution in [3.05, 3.63) is 30.1 Å². The maximum Gasteiger partial charge on any atom is 0.240 e. The SMILES string of the molecule is C[C@@H](NC(=O)Cn1c(C2CC2)nc2ccccc21)[C@H]1CCCO1. The third-order valence-electron chi connectivity index (χ3n) is 4.84. The minimum atomic E-state index is 0.0399. The molecule has 0 unspecified atom stereocenters. The second kappa shape index (κ2) is 5.96. The first kappa shape index (κ1) is 14.7. The van der Waals surface area contributed by atoms with Crippen molar-refractivity contribution in [3.8, 4) is 0 Å². The predicted octanol–water partition coefficient (Wildman–Crippen LogP) is 2.60. The van der Waals surface area contributed by atoms with Crippen molar-refractivity contribution >= 4 is 16.9 Å². The Labute approximate surface area is 136 Å². The smallest absolute Gasteiger partial charge is 0.240 e. The molecule has 0 bridgehead atoms. The first-order valence-electron chi connectivity index (χ1n) is 8.58. The van der Waals surface area contributed by atoms with E-state index >= 15 is 0 Å². The molecule has 1 amide bonds. The fraction of sp³-hybridized carbons (Fsp3) is 0.556. The van der Waals surface area contributed by atoms with Crippen LogP contribution in [0.15, 0.2) is 24.3 Å². The Morgan fingerprint density at radius 3 is 2.96 bits per heavy atom. The Bertz CT molecular complexity index is 714. The fourth-order valence-corrected chi connectivity index (χ4v) is 3.45. The number of ether oxygens (including phenoxy) is 1. The topological polar surface area (TPSA) is 56.2 Å². The van der Waals surface area contributed by atoms with E-state index in [2.05, 4.69) is 9.88 Å². The number of amides is 1. The van der Waals surface area contributed by atoms with Crippen LogP contribution in [0.2, 0.25) is 0 Å². The van der Waals surface area contributed by atoms with Crippen LogP contribution in [0.25, 0.3) is 11.0 Å². The third-order valence-corrected chi connectivity index (χ3v) is 4.84. The zero-order valence-corrected chi connectivity index (χ0v) is 13.5. The summed E-state index contributed by atoms with van der Waals surface area (Å²) in [4.78, 5) is 17.2. The summed E-state index contributed by atoms with van der Waals surface area (Å²) in [6, 6.07) is 8.12. The Balaban J connectivity index is 1.52. The Morgan fingerprint density at radius 2 is 2.22 bits per heavy atom. The lowest BCUT2D eigenvalue weighted by Crippen LogP contribution is -2.42. The number of carbonyl (C=O) groups is 1. The molecule has 1 aliphatic carbocycles. The number of benzene rings is 1. The monoisotopic (exact) mass is 313 g/mol. The molecule has 2 aliphatic rings. The van der Waals surface area contributed by atoms with Gasteiger partial charge in [0.2, 0.25) is 5.91 Å². The standard InChI is InChI=1S/C18H23N3O2/c1-12(16-7-4-10-23-16)19-17(22)11-21-15-6-3-2-5-14(15)20-18(21)13-8-9-13/h2-3,5-6,12-13,16H,4,7-11H2,1H3,(H,19,22)/t12-,16-/m1/s1. The molecule has 0 radical (unpaired) electrons. The first-order valence-corrected chi connectivity index (χ1v) is 8.58. The van der Waals surface area contributed by atoms with Crippen LogP contribution in [0.5, 0.6) is 0 Å². The molecular weight excluding hydrogens is 290 g/mol. The number of para-hydroxylation sites is 2. The lowest BCUT2D eigenvalue weighted by Gasteiger charge is -2.20. The normalized spacial score (nSPS) is 22.4. The highest BCUT2D eigenvalue weighted by atomic mass is 16.5. The number of fused-ring (bicyclic) bond motifs is 1. The molecule has 1 aromatic heterocycles. The van der Waals surface area contributed by atoms with Crippen LogP contribution in [0.3, 0.4) is 0 Å². The van der Waals surface area contributed by atoms with Gasteiger partial charge >= 0.3 is 0 Å². The predicted molar refractivity (Wildman–Crippen MR) is 88.3 cm³/mol. The highest BCUT2D eigenvalue weighted by molar-refractivity contribution is 5.81. The van der Waals surface area contributed by atoms with Crippen molar-refractivity contribution in [2.75, 3.05) is 6.61 Å². The molecule has 2 heterocycles. The average molecular weight is 313 g/mol. The molecule has 2 atom stereocenters.